The van der Waals surface area contributed by atoms with Crippen molar-refractivity contribution in [2.24, 2.45) is 5.92 Å². The smallest absolute Gasteiger partial charge is 0.147 e. The molecule has 0 radical (unpaired) electrons. The number of nitrogens with one attached hydrogen (secondary N) is 1. The Kier molecular flexibility index (Phi) is 4.84. The Bertz CT molecular complexity index is 245. The highest BCUT2D eigenvalue weighted by Gasteiger charge is 2.14. The van der Waals surface area contributed by atoms with Crippen molar-refractivity contribution < 1.29 is 13.2 Å². The van der Waals surface area contributed by atoms with Gasteiger partial charge in [0.2, 0.25) is 0 Å². The lowest BCUT2D eigenvalue weighted by atomic mass is 10.1. The van der Waals surface area contributed by atoms with Crippen LogP contribution >= 0.6 is 0 Å². The second-order valence-electron chi connectivity index (χ2n) is 3.92. The van der Waals surface area contributed by atoms with Crippen molar-refractivity contribution in [3.63, 3.8) is 0 Å². The van der Waals surface area contributed by atoms with Crippen molar-refractivity contribution in [3.05, 3.63) is 0 Å². The molecule has 4 nitrogen and oxygen atoms in total. The largest absolute Gasteiger partial charge is 0.381 e. The van der Waals surface area contributed by atoms with Crippen LogP contribution in [0.2, 0.25) is 0 Å². The zero-order chi connectivity index (χ0) is 10.4. The van der Waals surface area contributed by atoms with Gasteiger partial charge in [0.15, 0.2) is 0 Å². The zero-order valence-corrected chi connectivity index (χ0v) is 9.48. The van der Waals surface area contributed by atoms with Gasteiger partial charge in [0.1, 0.15) is 9.84 Å². The molecule has 0 aromatic heterocycles. The van der Waals surface area contributed by atoms with E-state index in [1.165, 1.54) is 6.26 Å². The van der Waals surface area contributed by atoms with Gasteiger partial charge < -0.3 is 10.1 Å². The van der Waals surface area contributed by atoms with E-state index in [4.69, 9.17) is 4.74 Å². The van der Waals surface area contributed by atoms with E-state index in [9.17, 15) is 8.42 Å². The van der Waals surface area contributed by atoms with Crippen molar-refractivity contribution in [2.45, 2.75) is 12.8 Å². The van der Waals surface area contributed by atoms with Gasteiger partial charge in [-0.25, -0.2) is 8.42 Å². The molecule has 1 N–H and O–H groups in total. The molecular formula is C9H19NO3S. The molecular weight excluding hydrogens is 202 g/mol. The van der Waals surface area contributed by atoms with E-state index in [1.54, 1.807) is 0 Å². The monoisotopic (exact) mass is 221 g/mol. The first-order valence-corrected chi connectivity index (χ1v) is 7.10. The molecule has 84 valence electrons. The molecule has 0 saturated carbocycles. The fourth-order valence-corrected chi connectivity index (χ4v) is 2.18. The third kappa shape index (κ3) is 5.57. The first-order chi connectivity index (χ1) is 6.58. The summed E-state index contributed by atoms with van der Waals surface area (Å²) in [6, 6.07) is 0. The second-order valence-corrected chi connectivity index (χ2v) is 6.18. The fourth-order valence-electron chi connectivity index (χ4n) is 1.51. The molecule has 1 unspecified atom stereocenters. The van der Waals surface area contributed by atoms with Crippen molar-refractivity contribution in [1.82, 2.24) is 5.32 Å². The third-order valence-electron chi connectivity index (χ3n) is 2.33. The molecule has 1 aliphatic heterocycles. The fraction of sp³-hybridized carbons (Fsp3) is 1.00. The van der Waals surface area contributed by atoms with Gasteiger partial charge in [-0.1, -0.05) is 0 Å². The van der Waals surface area contributed by atoms with E-state index in [-0.39, 0.29) is 5.75 Å². The van der Waals surface area contributed by atoms with Crippen LogP contribution in [0.15, 0.2) is 0 Å². The van der Waals surface area contributed by atoms with E-state index >= 15 is 0 Å². The molecule has 1 saturated heterocycles. The highest BCUT2D eigenvalue weighted by atomic mass is 32.2. The van der Waals surface area contributed by atoms with Crippen LogP contribution in [-0.2, 0) is 14.6 Å². The summed E-state index contributed by atoms with van der Waals surface area (Å²) in [5.41, 5.74) is 0. The summed E-state index contributed by atoms with van der Waals surface area (Å²) in [4.78, 5) is 0. The van der Waals surface area contributed by atoms with Gasteiger partial charge in [0, 0.05) is 19.4 Å². The van der Waals surface area contributed by atoms with Crippen molar-refractivity contribution in [3.8, 4) is 0 Å². The SMILES string of the molecule is CS(=O)(=O)CCCNCC1CCOC1. The highest BCUT2D eigenvalue weighted by Crippen LogP contribution is 2.10. The van der Waals surface area contributed by atoms with Gasteiger partial charge in [-0.2, -0.15) is 0 Å². The molecule has 0 bridgehead atoms. The van der Waals surface area contributed by atoms with Crippen LogP contribution in [0.4, 0.5) is 0 Å². The Morgan fingerprint density at radius 1 is 1.50 bits per heavy atom. The van der Waals surface area contributed by atoms with Crippen LogP contribution in [-0.4, -0.2) is 46.7 Å². The lowest BCUT2D eigenvalue weighted by molar-refractivity contribution is 0.185. The number of ether oxygens (including phenoxy) is 1. The van der Waals surface area contributed by atoms with Gasteiger partial charge in [0.05, 0.1) is 12.4 Å². The average Bonchev–Trinajstić information content (AvgIpc) is 2.54. The van der Waals surface area contributed by atoms with Crippen LogP contribution in [0.5, 0.6) is 0 Å². The molecule has 1 atom stereocenters. The minimum atomic E-state index is -2.79. The third-order valence-corrected chi connectivity index (χ3v) is 3.36. The summed E-state index contributed by atoms with van der Waals surface area (Å²) in [6.07, 6.45) is 3.10. The number of hydrogen-bond acceptors (Lipinski definition) is 4. The van der Waals surface area contributed by atoms with E-state index in [0.717, 1.165) is 32.7 Å². The maximum absolute atomic E-state index is 10.8. The molecule has 0 spiro atoms. The lowest BCUT2D eigenvalue weighted by Crippen LogP contribution is -2.25. The number of rotatable bonds is 6. The van der Waals surface area contributed by atoms with Crippen LogP contribution in [0.1, 0.15) is 12.8 Å². The summed E-state index contributed by atoms with van der Waals surface area (Å²) >= 11 is 0. The quantitative estimate of drug-likeness (QED) is 0.644. The minimum absolute atomic E-state index is 0.279. The minimum Gasteiger partial charge on any atom is -0.381 e. The van der Waals surface area contributed by atoms with E-state index in [1.807, 2.05) is 0 Å². The summed E-state index contributed by atoms with van der Waals surface area (Å²) < 4.78 is 26.8. The summed E-state index contributed by atoms with van der Waals surface area (Å²) in [7, 11) is -2.79. The Hall–Kier alpha value is -0.130. The van der Waals surface area contributed by atoms with Crippen LogP contribution < -0.4 is 5.32 Å². The summed E-state index contributed by atoms with van der Waals surface area (Å²) in [6.45, 7) is 3.45. The molecule has 0 aromatic rings. The first-order valence-electron chi connectivity index (χ1n) is 5.04. The summed E-state index contributed by atoms with van der Waals surface area (Å²) in [5, 5.41) is 3.26. The van der Waals surface area contributed by atoms with Gasteiger partial charge in [-0.05, 0) is 25.3 Å². The number of sulfone groups is 1. The molecule has 14 heavy (non-hydrogen) atoms. The molecule has 1 heterocycles. The predicted molar refractivity (Wildman–Crippen MR) is 56.1 cm³/mol. The molecule has 0 aromatic carbocycles. The Balaban J connectivity index is 1.94. The van der Waals surface area contributed by atoms with Gasteiger partial charge in [0.25, 0.3) is 0 Å². The topological polar surface area (TPSA) is 55.4 Å². The highest BCUT2D eigenvalue weighted by molar-refractivity contribution is 7.90. The Labute approximate surface area is 85.9 Å². The Morgan fingerprint density at radius 3 is 2.86 bits per heavy atom. The zero-order valence-electron chi connectivity index (χ0n) is 8.66. The van der Waals surface area contributed by atoms with Crippen LogP contribution in [0, 0.1) is 5.92 Å². The molecule has 0 aliphatic carbocycles. The molecule has 5 heteroatoms. The van der Waals surface area contributed by atoms with E-state index in [2.05, 4.69) is 5.32 Å². The molecule has 1 fully saturated rings. The Morgan fingerprint density at radius 2 is 2.29 bits per heavy atom. The van der Waals surface area contributed by atoms with Crippen LogP contribution in [0.25, 0.3) is 0 Å². The van der Waals surface area contributed by atoms with E-state index < -0.39 is 9.84 Å². The van der Waals surface area contributed by atoms with Gasteiger partial charge in [-0.3, -0.25) is 0 Å². The maximum Gasteiger partial charge on any atom is 0.147 e. The van der Waals surface area contributed by atoms with Crippen LogP contribution in [0.3, 0.4) is 0 Å². The lowest BCUT2D eigenvalue weighted by Gasteiger charge is -2.08. The first kappa shape index (κ1) is 11.9. The summed E-state index contributed by atoms with van der Waals surface area (Å²) in [5.74, 6) is 0.898. The normalized spacial score (nSPS) is 22.8. The molecule has 1 aliphatic rings. The van der Waals surface area contributed by atoms with Crippen molar-refractivity contribution in [2.75, 3.05) is 38.3 Å². The second kappa shape index (κ2) is 5.68. The van der Waals surface area contributed by atoms with Crippen molar-refractivity contribution >= 4 is 9.84 Å². The maximum atomic E-state index is 10.8. The molecule has 0 amide bonds. The van der Waals surface area contributed by atoms with Crippen molar-refractivity contribution in [1.29, 1.82) is 0 Å². The average molecular weight is 221 g/mol. The molecule has 1 rings (SSSR count). The van der Waals surface area contributed by atoms with Gasteiger partial charge >= 0.3 is 0 Å². The standard InChI is InChI=1S/C9H19NO3S/c1-14(11,12)6-2-4-10-7-9-3-5-13-8-9/h9-10H,2-8H2,1H3. The van der Waals surface area contributed by atoms with E-state index in [0.29, 0.717) is 12.3 Å². The van der Waals surface area contributed by atoms with Gasteiger partial charge in [-0.15, -0.1) is 0 Å². The predicted octanol–water partition coefficient (Wildman–Crippen LogP) is 0.0472. The number of hydrogen-bond donors (Lipinski definition) is 1.